The van der Waals surface area contributed by atoms with Crippen molar-refractivity contribution in [1.29, 1.82) is 0 Å². The fourth-order valence-electron chi connectivity index (χ4n) is 4.70. The van der Waals surface area contributed by atoms with Crippen LogP contribution in [0.25, 0.3) is 0 Å². The molecule has 0 spiro atoms. The number of aliphatic hydroxyl groups is 1. The zero-order chi connectivity index (χ0) is 20.3. The fourth-order valence-corrected chi connectivity index (χ4v) is 4.70. The molecule has 1 fully saturated rings. The Morgan fingerprint density at radius 3 is 2.75 bits per heavy atom. The fraction of sp³-hybridized carbons (Fsp3) is 0.652. The third kappa shape index (κ3) is 3.82. The molecule has 0 aromatic rings. The molecular formula is C23H32O5. The minimum Gasteiger partial charge on any atom is -0.489 e. The Kier molecular flexibility index (Phi) is 6.43. The zero-order valence-electron chi connectivity index (χ0n) is 17.2. The van der Waals surface area contributed by atoms with Gasteiger partial charge in [-0.3, -0.25) is 9.59 Å². The minimum atomic E-state index is -1.20. The highest BCUT2D eigenvalue weighted by atomic mass is 16.6. The first-order chi connectivity index (χ1) is 13.4. The van der Waals surface area contributed by atoms with Gasteiger partial charge in [-0.05, 0) is 44.4 Å². The molecule has 2 heterocycles. The summed E-state index contributed by atoms with van der Waals surface area (Å²) in [7, 11) is 0. The number of ketones is 1. The Balaban J connectivity index is 1.77. The van der Waals surface area contributed by atoms with Crippen molar-refractivity contribution in [2.45, 2.75) is 77.4 Å². The second kappa shape index (κ2) is 8.64. The summed E-state index contributed by atoms with van der Waals surface area (Å²) in [5.41, 5.74) is 0.304. The van der Waals surface area contributed by atoms with Gasteiger partial charge in [0, 0.05) is 11.5 Å². The summed E-state index contributed by atoms with van der Waals surface area (Å²) < 4.78 is 11.2. The Hall–Kier alpha value is -1.88. The van der Waals surface area contributed by atoms with Crippen LogP contribution in [0.1, 0.15) is 65.7 Å². The number of carbonyl (C=O) groups is 2. The molecule has 1 aliphatic carbocycles. The Bertz CT molecular complexity index is 717. The Morgan fingerprint density at radius 1 is 1.29 bits per heavy atom. The predicted molar refractivity (Wildman–Crippen MR) is 106 cm³/mol. The van der Waals surface area contributed by atoms with E-state index < -0.39 is 23.6 Å². The van der Waals surface area contributed by atoms with Crippen LogP contribution in [0.4, 0.5) is 0 Å². The lowest BCUT2D eigenvalue weighted by atomic mass is 9.67. The molecule has 0 aromatic heterocycles. The van der Waals surface area contributed by atoms with E-state index in [-0.39, 0.29) is 18.3 Å². The summed E-state index contributed by atoms with van der Waals surface area (Å²) in [5, 5.41) is 10.8. The number of fused-ring (bicyclic) bond motifs is 1. The number of unbranched alkanes of at least 4 members (excludes halogenated alkanes) is 4. The van der Waals surface area contributed by atoms with Gasteiger partial charge in [-0.15, -0.1) is 0 Å². The van der Waals surface area contributed by atoms with E-state index in [0.717, 1.165) is 30.6 Å². The van der Waals surface area contributed by atoms with Gasteiger partial charge < -0.3 is 14.6 Å². The van der Waals surface area contributed by atoms with Crippen molar-refractivity contribution in [2.24, 2.45) is 11.8 Å². The van der Waals surface area contributed by atoms with Crippen molar-refractivity contribution < 1.29 is 24.2 Å². The van der Waals surface area contributed by atoms with E-state index >= 15 is 0 Å². The molecule has 28 heavy (non-hydrogen) atoms. The molecule has 1 N–H and O–H groups in total. The standard InChI is InChI=1S/C23H32O5/c1-4-6-7-8-9-11-19(24)20-18-13-15-12-16(10-5-2)27-14-17(15)21(25)23(18,3)28-22(20)26/h5,10,12,18-20,24H,4,6-9,11,13-14H2,1-3H3/b10-5+/t18-,19+,20+,23-/m0/s1. The molecule has 5 nitrogen and oxygen atoms in total. The maximum atomic E-state index is 13.1. The molecule has 0 radical (unpaired) electrons. The van der Waals surface area contributed by atoms with Crippen LogP contribution in [0.2, 0.25) is 0 Å². The molecule has 0 bridgehead atoms. The first kappa shape index (κ1) is 20.8. The second-order valence-corrected chi connectivity index (χ2v) is 8.30. The molecule has 3 aliphatic rings. The van der Waals surface area contributed by atoms with Crippen LogP contribution in [-0.4, -0.2) is 35.2 Å². The number of hydrogen-bond donors (Lipinski definition) is 1. The maximum absolute atomic E-state index is 13.1. The van der Waals surface area contributed by atoms with Gasteiger partial charge in [0.2, 0.25) is 5.78 Å². The van der Waals surface area contributed by atoms with Crippen LogP contribution in [-0.2, 0) is 19.1 Å². The Labute approximate surface area is 167 Å². The van der Waals surface area contributed by atoms with E-state index in [1.165, 1.54) is 12.8 Å². The Morgan fingerprint density at radius 2 is 2.04 bits per heavy atom. The van der Waals surface area contributed by atoms with E-state index in [1.807, 2.05) is 25.2 Å². The van der Waals surface area contributed by atoms with E-state index in [9.17, 15) is 14.7 Å². The lowest BCUT2D eigenvalue weighted by Gasteiger charge is -2.37. The molecular weight excluding hydrogens is 356 g/mol. The highest BCUT2D eigenvalue weighted by Gasteiger charge is 2.61. The summed E-state index contributed by atoms with van der Waals surface area (Å²) in [6.07, 6.45) is 11.4. The first-order valence-corrected chi connectivity index (χ1v) is 10.6. The third-order valence-corrected chi connectivity index (χ3v) is 6.33. The number of allylic oxidation sites excluding steroid dienone is 4. The highest BCUT2D eigenvalue weighted by molar-refractivity contribution is 6.07. The average Bonchev–Trinajstić information content (AvgIpc) is 2.92. The van der Waals surface area contributed by atoms with Crippen LogP contribution < -0.4 is 0 Å². The van der Waals surface area contributed by atoms with Crippen molar-refractivity contribution in [3.8, 4) is 0 Å². The van der Waals surface area contributed by atoms with Crippen LogP contribution in [0.15, 0.2) is 35.1 Å². The number of aliphatic hydroxyl groups excluding tert-OH is 1. The predicted octanol–water partition coefficient (Wildman–Crippen LogP) is 4.02. The molecule has 4 atom stereocenters. The minimum absolute atomic E-state index is 0.180. The van der Waals surface area contributed by atoms with Gasteiger partial charge in [-0.25, -0.2) is 0 Å². The van der Waals surface area contributed by atoms with Crippen molar-refractivity contribution in [3.63, 3.8) is 0 Å². The smallest absolute Gasteiger partial charge is 0.313 e. The van der Waals surface area contributed by atoms with Crippen LogP contribution >= 0.6 is 0 Å². The average molecular weight is 389 g/mol. The molecule has 5 heteroatoms. The van der Waals surface area contributed by atoms with Gasteiger partial charge in [0.1, 0.15) is 12.4 Å². The van der Waals surface area contributed by atoms with E-state index in [0.29, 0.717) is 18.4 Å². The lowest BCUT2D eigenvalue weighted by Crippen LogP contribution is -2.48. The number of hydrogen-bond acceptors (Lipinski definition) is 5. The molecule has 2 aliphatic heterocycles. The van der Waals surface area contributed by atoms with Crippen molar-refractivity contribution in [1.82, 2.24) is 0 Å². The molecule has 0 amide bonds. The van der Waals surface area contributed by atoms with Gasteiger partial charge in [-0.1, -0.05) is 45.1 Å². The van der Waals surface area contributed by atoms with Gasteiger partial charge in [0.25, 0.3) is 0 Å². The monoisotopic (exact) mass is 388 g/mol. The van der Waals surface area contributed by atoms with Crippen molar-refractivity contribution >= 4 is 11.8 Å². The van der Waals surface area contributed by atoms with Crippen LogP contribution in [0.5, 0.6) is 0 Å². The summed E-state index contributed by atoms with van der Waals surface area (Å²) >= 11 is 0. The molecule has 0 saturated carbocycles. The lowest BCUT2D eigenvalue weighted by molar-refractivity contribution is -0.158. The number of esters is 1. The van der Waals surface area contributed by atoms with E-state index in [4.69, 9.17) is 9.47 Å². The maximum Gasteiger partial charge on any atom is 0.313 e. The normalized spacial score (nSPS) is 30.6. The molecule has 0 aromatic carbocycles. The van der Waals surface area contributed by atoms with Crippen LogP contribution in [0.3, 0.4) is 0 Å². The molecule has 1 saturated heterocycles. The quantitative estimate of drug-likeness (QED) is 0.502. The van der Waals surface area contributed by atoms with Crippen LogP contribution in [0, 0.1) is 11.8 Å². The largest absolute Gasteiger partial charge is 0.489 e. The van der Waals surface area contributed by atoms with E-state index in [2.05, 4.69) is 6.92 Å². The van der Waals surface area contributed by atoms with Crippen molar-refractivity contribution in [2.75, 3.05) is 6.61 Å². The van der Waals surface area contributed by atoms with Gasteiger partial charge in [0.05, 0.1) is 12.0 Å². The first-order valence-electron chi connectivity index (χ1n) is 10.6. The van der Waals surface area contributed by atoms with Gasteiger partial charge in [0.15, 0.2) is 5.60 Å². The zero-order valence-corrected chi connectivity index (χ0v) is 17.2. The summed E-state index contributed by atoms with van der Waals surface area (Å²) in [5.74, 6) is -0.884. The number of ether oxygens (including phenoxy) is 2. The second-order valence-electron chi connectivity index (χ2n) is 8.30. The SMILES string of the molecule is C/C=C/C1=CC2=C(CO1)C(=O)[C@@]1(C)OC(=O)[C@@H]([C@H](O)CCCCCCC)[C@@H]1C2. The van der Waals surface area contributed by atoms with E-state index in [1.54, 1.807) is 6.92 Å². The summed E-state index contributed by atoms with van der Waals surface area (Å²) in [6, 6.07) is 0. The molecule has 154 valence electrons. The number of Topliss-reactive ketones (excluding diaryl/α,β-unsaturated/α-hetero) is 1. The highest BCUT2D eigenvalue weighted by Crippen LogP contribution is 2.49. The third-order valence-electron chi connectivity index (χ3n) is 6.33. The number of carbonyl (C=O) groups excluding carboxylic acids is 2. The van der Waals surface area contributed by atoms with Gasteiger partial charge >= 0.3 is 5.97 Å². The number of rotatable bonds is 8. The molecule has 0 unspecified atom stereocenters. The summed E-state index contributed by atoms with van der Waals surface area (Å²) in [4.78, 5) is 25.8. The topological polar surface area (TPSA) is 72.8 Å². The molecule has 3 rings (SSSR count). The van der Waals surface area contributed by atoms with Gasteiger partial charge in [-0.2, -0.15) is 0 Å². The van der Waals surface area contributed by atoms with Crippen molar-refractivity contribution in [3.05, 3.63) is 35.1 Å². The summed E-state index contributed by atoms with van der Waals surface area (Å²) in [6.45, 7) is 5.98.